The van der Waals surface area contributed by atoms with Gasteiger partial charge in [0.25, 0.3) is 0 Å². The largest absolute Gasteiger partial charge is 0.494 e. The molecule has 0 radical (unpaired) electrons. The number of fused-ring (bicyclic) bond motifs is 1. The van der Waals surface area contributed by atoms with Crippen LogP contribution in [0.4, 0.5) is 10.8 Å². The van der Waals surface area contributed by atoms with E-state index in [1.165, 1.54) is 11.3 Å². The predicted molar refractivity (Wildman–Crippen MR) is 124 cm³/mol. The van der Waals surface area contributed by atoms with Crippen LogP contribution in [0.15, 0.2) is 54.7 Å². The number of halogens is 1. The first kappa shape index (κ1) is 20.4. The fourth-order valence-corrected chi connectivity index (χ4v) is 4.30. The number of methoxy groups -OCH3 is 1. The molecule has 0 saturated heterocycles. The minimum Gasteiger partial charge on any atom is -0.494 e. The molecule has 30 heavy (non-hydrogen) atoms. The third-order valence-electron chi connectivity index (χ3n) is 4.59. The summed E-state index contributed by atoms with van der Waals surface area (Å²) in [6, 6.07) is 15.4. The molecule has 7 heteroatoms. The van der Waals surface area contributed by atoms with E-state index in [4.69, 9.17) is 21.1 Å². The van der Waals surface area contributed by atoms with Gasteiger partial charge in [0.2, 0.25) is 5.88 Å². The Balaban J connectivity index is 1.69. The van der Waals surface area contributed by atoms with Crippen LogP contribution in [0.25, 0.3) is 10.2 Å². The summed E-state index contributed by atoms with van der Waals surface area (Å²) in [5, 5.41) is 4.64. The van der Waals surface area contributed by atoms with Crippen LogP contribution < -0.4 is 14.8 Å². The Bertz CT molecular complexity index is 1200. The summed E-state index contributed by atoms with van der Waals surface area (Å²) in [5.74, 6) is 1.94. The molecule has 0 amide bonds. The molecule has 0 saturated carbocycles. The summed E-state index contributed by atoms with van der Waals surface area (Å²) in [6.45, 7) is 6.47. The number of rotatable bonds is 5. The van der Waals surface area contributed by atoms with Crippen molar-refractivity contribution >= 4 is 44.0 Å². The van der Waals surface area contributed by atoms with Crippen LogP contribution in [0.2, 0.25) is 5.02 Å². The Morgan fingerprint density at radius 1 is 1.00 bits per heavy atom. The minimum atomic E-state index is -0.0563. The topological polar surface area (TPSA) is 56.3 Å². The minimum absolute atomic E-state index is 0.0563. The van der Waals surface area contributed by atoms with Crippen LogP contribution in [-0.2, 0) is 5.41 Å². The van der Waals surface area contributed by atoms with Gasteiger partial charge in [-0.3, -0.25) is 0 Å². The van der Waals surface area contributed by atoms with Crippen molar-refractivity contribution in [3.63, 3.8) is 0 Å². The maximum atomic E-state index is 6.35. The molecule has 0 aliphatic rings. The molecular weight excluding hydrogens is 418 g/mol. The van der Waals surface area contributed by atoms with E-state index in [2.05, 4.69) is 42.1 Å². The van der Waals surface area contributed by atoms with Gasteiger partial charge in [0, 0.05) is 11.8 Å². The molecule has 4 rings (SSSR count). The highest BCUT2D eigenvalue weighted by Crippen LogP contribution is 2.40. The fourth-order valence-electron chi connectivity index (χ4n) is 3.13. The molecule has 0 fully saturated rings. The zero-order valence-corrected chi connectivity index (χ0v) is 18.8. The first-order chi connectivity index (χ1) is 14.4. The summed E-state index contributed by atoms with van der Waals surface area (Å²) in [7, 11) is 1.62. The van der Waals surface area contributed by atoms with Gasteiger partial charge in [-0.25, -0.2) is 9.97 Å². The normalized spacial score (nSPS) is 11.5. The SMILES string of the molecule is COc1ccc(Cl)c2sc(Nc3cccnc3Oc3ccccc3C(C)(C)C)nc12. The van der Waals surface area contributed by atoms with E-state index in [1.54, 1.807) is 13.3 Å². The van der Waals surface area contributed by atoms with E-state index in [9.17, 15) is 0 Å². The van der Waals surface area contributed by atoms with Crippen LogP contribution >= 0.6 is 22.9 Å². The second kappa shape index (κ2) is 8.13. The monoisotopic (exact) mass is 439 g/mol. The van der Waals surface area contributed by atoms with Crippen molar-refractivity contribution in [2.45, 2.75) is 26.2 Å². The first-order valence-corrected chi connectivity index (χ1v) is 10.7. The summed E-state index contributed by atoms with van der Waals surface area (Å²) in [4.78, 5) is 9.10. The third kappa shape index (κ3) is 4.06. The van der Waals surface area contributed by atoms with E-state index in [1.807, 2.05) is 42.5 Å². The lowest BCUT2D eigenvalue weighted by Gasteiger charge is -2.22. The molecule has 0 aliphatic carbocycles. The van der Waals surface area contributed by atoms with Gasteiger partial charge in [-0.2, -0.15) is 0 Å². The molecule has 2 aromatic heterocycles. The molecule has 0 unspecified atom stereocenters. The Kier molecular flexibility index (Phi) is 5.54. The molecule has 5 nitrogen and oxygen atoms in total. The molecule has 2 heterocycles. The van der Waals surface area contributed by atoms with Crippen molar-refractivity contribution in [2.24, 2.45) is 0 Å². The van der Waals surface area contributed by atoms with Crippen molar-refractivity contribution in [2.75, 3.05) is 12.4 Å². The second-order valence-corrected chi connectivity index (χ2v) is 9.18. The van der Waals surface area contributed by atoms with Crippen molar-refractivity contribution in [1.29, 1.82) is 0 Å². The number of pyridine rings is 1. The van der Waals surface area contributed by atoms with E-state index in [-0.39, 0.29) is 5.41 Å². The predicted octanol–water partition coefficient (Wildman–Crippen LogP) is 7.19. The molecule has 0 aliphatic heterocycles. The molecule has 4 aromatic rings. The lowest BCUT2D eigenvalue weighted by molar-refractivity contribution is 0.419. The summed E-state index contributed by atoms with van der Waals surface area (Å²) >= 11 is 7.80. The standard InChI is InChI=1S/C23H22ClN3O2S/c1-23(2,3)14-8-5-6-10-17(14)29-21-16(9-7-13-25-21)26-22-27-19-18(28-4)12-11-15(24)20(19)30-22/h5-13H,1-4H3,(H,26,27). The summed E-state index contributed by atoms with van der Waals surface area (Å²) < 4.78 is 12.5. The summed E-state index contributed by atoms with van der Waals surface area (Å²) in [5.41, 5.74) is 2.50. The van der Waals surface area contributed by atoms with Gasteiger partial charge in [-0.1, -0.05) is 61.9 Å². The number of nitrogens with one attached hydrogen (secondary N) is 1. The maximum absolute atomic E-state index is 6.35. The highest BCUT2D eigenvalue weighted by Gasteiger charge is 2.20. The first-order valence-electron chi connectivity index (χ1n) is 9.49. The molecule has 154 valence electrons. The molecule has 0 atom stereocenters. The number of anilines is 2. The van der Waals surface area contributed by atoms with Gasteiger partial charge in [0.15, 0.2) is 5.13 Å². The quantitative estimate of drug-likeness (QED) is 0.356. The van der Waals surface area contributed by atoms with Crippen LogP contribution in [-0.4, -0.2) is 17.1 Å². The molecule has 2 aromatic carbocycles. The Morgan fingerprint density at radius 2 is 1.80 bits per heavy atom. The van der Waals surface area contributed by atoms with Crippen molar-refractivity contribution in [1.82, 2.24) is 9.97 Å². The Hall–Kier alpha value is -2.83. The van der Waals surface area contributed by atoms with E-state index >= 15 is 0 Å². The molecule has 0 bridgehead atoms. The summed E-state index contributed by atoms with van der Waals surface area (Å²) in [6.07, 6.45) is 1.71. The zero-order valence-electron chi connectivity index (χ0n) is 17.2. The number of para-hydroxylation sites is 1. The highest BCUT2D eigenvalue weighted by atomic mass is 35.5. The average Bonchev–Trinajstić information content (AvgIpc) is 3.14. The van der Waals surface area contributed by atoms with Gasteiger partial charge in [0.05, 0.1) is 16.8 Å². The number of hydrogen-bond acceptors (Lipinski definition) is 6. The van der Waals surface area contributed by atoms with E-state index in [0.717, 1.165) is 27.2 Å². The lowest BCUT2D eigenvalue weighted by Crippen LogP contribution is -2.12. The van der Waals surface area contributed by atoms with Gasteiger partial charge in [0.1, 0.15) is 22.7 Å². The number of nitrogens with zero attached hydrogens (tertiary/aromatic N) is 2. The molecule has 0 spiro atoms. The second-order valence-electron chi connectivity index (χ2n) is 7.78. The molecular formula is C23H22ClN3O2S. The van der Waals surface area contributed by atoms with Gasteiger partial charge in [-0.15, -0.1) is 0 Å². The Labute approximate surface area is 184 Å². The van der Waals surface area contributed by atoms with Crippen molar-refractivity contribution in [3.05, 3.63) is 65.3 Å². The average molecular weight is 440 g/mol. The van der Waals surface area contributed by atoms with E-state index in [0.29, 0.717) is 21.8 Å². The number of hydrogen-bond donors (Lipinski definition) is 1. The number of benzene rings is 2. The highest BCUT2D eigenvalue weighted by molar-refractivity contribution is 7.22. The van der Waals surface area contributed by atoms with Gasteiger partial charge in [-0.05, 0) is 35.7 Å². The fraction of sp³-hybridized carbons (Fsp3) is 0.217. The van der Waals surface area contributed by atoms with Crippen LogP contribution in [0, 0.1) is 0 Å². The Morgan fingerprint density at radius 3 is 2.57 bits per heavy atom. The number of ether oxygens (including phenoxy) is 2. The van der Waals surface area contributed by atoms with Gasteiger partial charge < -0.3 is 14.8 Å². The van der Waals surface area contributed by atoms with Crippen molar-refractivity contribution in [3.8, 4) is 17.4 Å². The number of aromatic nitrogens is 2. The van der Waals surface area contributed by atoms with Crippen LogP contribution in [0.1, 0.15) is 26.3 Å². The third-order valence-corrected chi connectivity index (χ3v) is 6.02. The lowest BCUT2D eigenvalue weighted by atomic mass is 9.86. The van der Waals surface area contributed by atoms with E-state index < -0.39 is 0 Å². The van der Waals surface area contributed by atoms with Crippen molar-refractivity contribution < 1.29 is 9.47 Å². The van der Waals surface area contributed by atoms with Crippen LogP contribution in [0.3, 0.4) is 0 Å². The smallest absolute Gasteiger partial charge is 0.243 e. The van der Waals surface area contributed by atoms with Gasteiger partial charge >= 0.3 is 0 Å². The maximum Gasteiger partial charge on any atom is 0.243 e. The zero-order chi connectivity index (χ0) is 21.3. The number of thiazole rings is 1. The molecule has 1 N–H and O–H groups in total. The van der Waals surface area contributed by atoms with Crippen LogP contribution in [0.5, 0.6) is 17.4 Å².